The van der Waals surface area contributed by atoms with Crippen LogP contribution in [0.5, 0.6) is 0 Å². The molecule has 1 aromatic heterocycles. The molecule has 4 nitrogen and oxygen atoms in total. The lowest BCUT2D eigenvalue weighted by Crippen LogP contribution is -2.36. The Labute approximate surface area is 111 Å². The van der Waals surface area contributed by atoms with Crippen LogP contribution >= 0.6 is 11.6 Å². The predicted molar refractivity (Wildman–Crippen MR) is 71.1 cm³/mol. The fraction of sp³-hybridized carbons (Fsp3) is 0.538. The van der Waals surface area contributed by atoms with Crippen LogP contribution in [0.4, 0.5) is 0 Å². The molecule has 2 heterocycles. The van der Waals surface area contributed by atoms with Crippen molar-refractivity contribution in [2.45, 2.75) is 31.7 Å². The zero-order valence-electron chi connectivity index (χ0n) is 10.2. The number of aromatic nitrogens is 1. The van der Waals surface area contributed by atoms with Gasteiger partial charge in [0.25, 0.3) is 5.91 Å². The maximum absolute atomic E-state index is 12.3. The van der Waals surface area contributed by atoms with Gasteiger partial charge in [0.05, 0.1) is 0 Å². The fourth-order valence-corrected chi connectivity index (χ4v) is 2.61. The molecule has 1 fully saturated rings. The summed E-state index contributed by atoms with van der Waals surface area (Å²) >= 11 is 5.70. The van der Waals surface area contributed by atoms with E-state index in [4.69, 9.17) is 11.6 Å². The SMILES string of the molecule is O=C(c1cc[nH]c(=O)c1)N1CCCC1CCCCl. The molecule has 5 heteroatoms. The Balaban J connectivity index is 2.10. The van der Waals surface area contributed by atoms with Gasteiger partial charge in [0.1, 0.15) is 0 Å². The molecule has 0 saturated carbocycles. The lowest BCUT2D eigenvalue weighted by Gasteiger charge is -2.24. The second-order valence-corrected chi connectivity index (χ2v) is 4.95. The molecule has 18 heavy (non-hydrogen) atoms. The van der Waals surface area contributed by atoms with Crippen molar-refractivity contribution in [1.29, 1.82) is 0 Å². The number of amides is 1. The van der Waals surface area contributed by atoms with Crippen LogP contribution < -0.4 is 5.56 Å². The first-order chi connectivity index (χ1) is 8.72. The van der Waals surface area contributed by atoms with Crippen LogP contribution in [-0.4, -0.2) is 34.3 Å². The lowest BCUT2D eigenvalue weighted by molar-refractivity contribution is 0.0730. The third-order valence-corrected chi connectivity index (χ3v) is 3.60. The Morgan fingerprint density at radius 2 is 2.39 bits per heavy atom. The van der Waals surface area contributed by atoms with Gasteiger partial charge in [-0.3, -0.25) is 9.59 Å². The quantitative estimate of drug-likeness (QED) is 0.849. The number of likely N-dealkylation sites (tertiary alicyclic amines) is 1. The van der Waals surface area contributed by atoms with Gasteiger partial charge in [-0.25, -0.2) is 0 Å². The summed E-state index contributed by atoms with van der Waals surface area (Å²) in [6.07, 6.45) is 5.44. The third-order valence-electron chi connectivity index (χ3n) is 3.33. The van der Waals surface area contributed by atoms with Crippen molar-refractivity contribution < 1.29 is 4.79 Å². The number of H-pyrrole nitrogens is 1. The van der Waals surface area contributed by atoms with Crippen molar-refractivity contribution in [2.75, 3.05) is 12.4 Å². The van der Waals surface area contributed by atoms with Gasteiger partial charge in [-0.15, -0.1) is 11.6 Å². The monoisotopic (exact) mass is 268 g/mol. The Kier molecular flexibility index (Phi) is 4.42. The molecular formula is C13H17ClN2O2. The second-order valence-electron chi connectivity index (χ2n) is 4.57. The van der Waals surface area contributed by atoms with Crippen LogP contribution in [0, 0.1) is 0 Å². The Bertz CT molecular complexity index is 472. The van der Waals surface area contributed by atoms with Crippen molar-refractivity contribution in [3.05, 3.63) is 34.2 Å². The summed E-state index contributed by atoms with van der Waals surface area (Å²) < 4.78 is 0. The molecule has 2 rings (SSSR count). The molecule has 1 aliphatic heterocycles. The van der Waals surface area contributed by atoms with Gasteiger partial charge >= 0.3 is 0 Å². The molecule has 1 aromatic rings. The van der Waals surface area contributed by atoms with E-state index in [0.29, 0.717) is 11.4 Å². The summed E-state index contributed by atoms with van der Waals surface area (Å²) in [6.45, 7) is 0.776. The zero-order chi connectivity index (χ0) is 13.0. The first-order valence-electron chi connectivity index (χ1n) is 6.28. The highest BCUT2D eigenvalue weighted by Gasteiger charge is 2.28. The number of nitrogens with one attached hydrogen (secondary N) is 1. The van der Waals surface area contributed by atoms with Crippen LogP contribution in [0.15, 0.2) is 23.1 Å². The number of carbonyl (C=O) groups excluding carboxylic acids is 1. The summed E-state index contributed by atoms with van der Waals surface area (Å²) in [5.41, 5.74) is 0.230. The first-order valence-corrected chi connectivity index (χ1v) is 6.81. The molecule has 98 valence electrons. The van der Waals surface area contributed by atoms with Crippen LogP contribution in [0.25, 0.3) is 0 Å². The van der Waals surface area contributed by atoms with E-state index in [-0.39, 0.29) is 17.5 Å². The molecule has 1 N–H and O–H groups in total. The Morgan fingerprint density at radius 3 is 3.11 bits per heavy atom. The number of aromatic amines is 1. The number of carbonyl (C=O) groups is 1. The number of pyridine rings is 1. The van der Waals surface area contributed by atoms with Crippen molar-refractivity contribution in [3.63, 3.8) is 0 Å². The Morgan fingerprint density at radius 1 is 1.56 bits per heavy atom. The van der Waals surface area contributed by atoms with Crippen molar-refractivity contribution in [2.24, 2.45) is 0 Å². The molecule has 1 amide bonds. The number of nitrogens with zero attached hydrogens (tertiary/aromatic N) is 1. The Hall–Kier alpha value is -1.29. The lowest BCUT2D eigenvalue weighted by atomic mass is 10.1. The van der Waals surface area contributed by atoms with Gasteiger partial charge in [0.15, 0.2) is 0 Å². The van der Waals surface area contributed by atoms with E-state index in [2.05, 4.69) is 4.98 Å². The van der Waals surface area contributed by atoms with Gasteiger partial charge in [-0.05, 0) is 31.7 Å². The molecule has 0 spiro atoms. The second kappa shape index (κ2) is 6.05. The average Bonchev–Trinajstić information content (AvgIpc) is 2.83. The molecular weight excluding hydrogens is 252 g/mol. The normalized spacial score (nSPS) is 19.2. The van der Waals surface area contributed by atoms with E-state index in [1.165, 1.54) is 12.3 Å². The number of hydrogen-bond donors (Lipinski definition) is 1. The van der Waals surface area contributed by atoms with E-state index < -0.39 is 0 Å². The smallest absolute Gasteiger partial charge is 0.254 e. The maximum atomic E-state index is 12.3. The highest BCUT2D eigenvalue weighted by molar-refractivity contribution is 6.17. The molecule has 0 radical (unpaired) electrons. The number of hydrogen-bond acceptors (Lipinski definition) is 2. The van der Waals surface area contributed by atoms with E-state index in [1.54, 1.807) is 6.07 Å². The minimum Gasteiger partial charge on any atom is -0.336 e. The maximum Gasteiger partial charge on any atom is 0.254 e. The van der Waals surface area contributed by atoms with Gasteiger partial charge in [-0.2, -0.15) is 0 Å². The molecule has 1 aliphatic rings. The van der Waals surface area contributed by atoms with Crippen molar-refractivity contribution in [1.82, 2.24) is 9.88 Å². The minimum atomic E-state index is -0.239. The van der Waals surface area contributed by atoms with Gasteiger partial charge in [0.2, 0.25) is 5.56 Å². The summed E-state index contributed by atoms with van der Waals surface area (Å²) in [4.78, 5) is 27.9. The van der Waals surface area contributed by atoms with Crippen molar-refractivity contribution in [3.8, 4) is 0 Å². The van der Waals surface area contributed by atoms with Crippen LogP contribution in [0.2, 0.25) is 0 Å². The number of rotatable bonds is 4. The first kappa shape index (κ1) is 13.1. The van der Waals surface area contributed by atoms with E-state index in [9.17, 15) is 9.59 Å². The van der Waals surface area contributed by atoms with Crippen LogP contribution in [-0.2, 0) is 0 Å². The van der Waals surface area contributed by atoms with E-state index in [0.717, 1.165) is 32.2 Å². The zero-order valence-corrected chi connectivity index (χ0v) is 10.9. The predicted octanol–water partition coefficient (Wildman–Crippen LogP) is 2.00. The minimum absolute atomic E-state index is 0.0434. The molecule has 1 unspecified atom stereocenters. The van der Waals surface area contributed by atoms with Gasteiger partial charge in [0, 0.05) is 36.3 Å². The largest absolute Gasteiger partial charge is 0.336 e. The van der Waals surface area contributed by atoms with E-state index in [1.807, 2.05) is 4.90 Å². The molecule has 1 atom stereocenters. The van der Waals surface area contributed by atoms with Gasteiger partial charge < -0.3 is 9.88 Å². The van der Waals surface area contributed by atoms with Crippen LogP contribution in [0.1, 0.15) is 36.0 Å². The molecule has 0 aliphatic carbocycles. The molecule has 0 bridgehead atoms. The average molecular weight is 269 g/mol. The fourth-order valence-electron chi connectivity index (χ4n) is 2.46. The standard InChI is InChI=1S/C13H17ClN2O2/c14-6-1-3-11-4-2-8-16(11)13(18)10-5-7-15-12(17)9-10/h5,7,9,11H,1-4,6,8H2,(H,15,17). The number of halogens is 1. The highest BCUT2D eigenvalue weighted by Crippen LogP contribution is 2.23. The summed E-state index contributed by atoms with van der Waals surface area (Å²) in [6, 6.07) is 3.29. The third kappa shape index (κ3) is 2.93. The molecule has 0 aromatic carbocycles. The molecule has 1 saturated heterocycles. The topological polar surface area (TPSA) is 53.2 Å². The summed E-state index contributed by atoms with van der Waals surface area (Å²) in [5, 5.41) is 0. The van der Waals surface area contributed by atoms with Crippen molar-refractivity contribution >= 4 is 17.5 Å². The van der Waals surface area contributed by atoms with Crippen LogP contribution in [0.3, 0.4) is 0 Å². The van der Waals surface area contributed by atoms with E-state index >= 15 is 0 Å². The van der Waals surface area contributed by atoms with Gasteiger partial charge in [-0.1, -0.05) is 0 Å². The number of alkyl halides is 1. The summed E-state index contributed by atoms with van der Waals surface area (Å²) in [7, 11) is 0. The summed E-state index contributed by atoms with van der Waals surface area (Å²) in [5.74, 6) is 0.585. The highest BCUT2D eigenvalue weighted by atomic mass is 35.5.